The fourth-order valence-electron chi connectivity index (χ4n) is 1.73. The van der Waals surface area contributed by atoms with Gasteiger partial charge in [0, 0.05) is 6.20 Å². The summed E-state index contributed by atoms with van der Waals surface area (Å²) in [6.45, 7) is 2.37. The predicted molar refractivity (Wildman–Crippen MR) is 72.8 cm³/mol. The Hall–Kier alpha value is -2.63. The topological polar surface area (TPSA) is 81.3 Å². The maximum absolute atomic E-state index is 11.8. The van der Waals surface area contributed by atoms with Gasteiger partial charge in [-0.2, -0.15) is 0 Å². The van der Waals surface area contributed by atoms with Crippen LogP contribution in [-0.4, -0.2) is 29.7 Å². The number of esters is 1. The van der Waals surface area contributed by atoms with Crippen LogP contribution >= 0.6 is 0 Å². The van der Waals surface area contributed by atoms with Crippen LogP contribution in [0.25, 0.3) is 11.4 Å². The van der Waals surface area contributed by atoms with E-state index in [-0.39, 0.29) is 5.56 Å². The molecule has 0 saturated carbocycles. The Balaban J connectivity index is 2.47. The van der Waals surface area contributed by atoms with Gasteiger partial charge in [-0.25, -0.2) is 9.78 Å². The second kappa shape index (κ2) is 6.01. The van der Waals surface area contributed by atoms with E-state index in [1.54, 1.807) is 12.1 Å². The van der Waals surface area contributed by atoms with Crippen molar-refractivity contribution in [2.75, 3.05) is 13.7 Å². The van der Waals surface area contributed by atoms with Gasteiger partial charge in [-0.3, -0.25) is 4.79 Å². The Morgan fingerprint density at radius 1 is 1.35 bits per heavy atom. The van der Waals surface area contributed by atoms with E-state index < -0.39 is 11.5 Å². The van der Waals surface area contributed by atoms with E-state index in [0.717, 1.165) is 0 Å². The number of hydrogen-bond acceptors (Lipinski definition) is 5. The number of para-hydroxylation sites is 1. The molecule has 0 radical (unpaired) electrons. The van der Waals surface area contributed by atoms with Crippen molar-refractivity contribution in [1.82, 2.24) is 9.97 Å². The van der Waals surface area contributed by atoms with Crippen molar-refractivity contribution in [1.29, 1.82) is 0 Å². The molecule has 0 aliphatic heterocycles. The third kappa shape index (κ3) is 2.69. The van der Waals surface area contributed by atoms with Gasteiger partial charge >= 0.3 is 5.97 Å². The first-order chi connectivity index (χ1) is 9.67. The summed E-state index contributed by atoms with van der Waals surface area (Å²) in [5, 5.41) is 0. The summed E-state index contributed by atoms with van der Waals surface area (Å²) < 4.78 is 9.98. The minimum Gasteiger partial charge on any atom is -0.493 e. The van der Waals surface area contributed by atoms with E-state index in [2.05, 4.69) is 14.7 Å². The second-order valence-electron chi connectivity index (χ2n) is 3.90. The highest BCUT2D eigenvalue weighted by atomic mass is 16.5. The van der Waals surface area contributed by atoms with Crippen LogP contribution in [0, 0.1) is 0 Å². The molecule has 6 heteroatoms. The van der Waals surface area contributed by atoms with E-state index in [1.807, 2.05) is 19.1 Å². The molecule has 104 valence electrons. The molecule has 1 heterocycles. The number of ether oxygens (including phenoxy) is 2. The van der Waals surface area contributed by atoms with Gasteiger partial charge in [0.1, 0.15) is 17.1 Å². The SMILES string of the molecule is CCOc1ccccc1-c1ncc(C(=O)OC)c(=O)[nH]1. The average Bonchev–Trinajstić information content (AvgIpc) is 2.47. The number of benzene rings is 1. The van der Waals surface area contributed by atoms with Crippen LogP contribution in [0.15, 0.2) is 35.3 Å². The molecule has 6 nitrogen and oxygen atoms in total. The van der Waals surface area contributed by atoms with Crippen LogP contribution in [0.5, 0.6) is 5.75 Å². The Bertz CT molecular complexity index is 679. The van der Waals surface area contributed by atoms with Gasteiger partial charge in [0.05, 0.1) is 19.3 Å². The van der Waals surface area contributed by atoms with Gasteiger partial charge in [0.25, 0.3) is 5.56 Å². The third-order valence-corrected chi connectivity index (χ3v) is 2.65. The molecule has 0 aliphatic rings. The molecule has 0 fully saturated rings. The maximum Gasteiger partial charge on any atom is 0.345 e. The Morgan fingerprint density at radius 2 is 2.10 bits per heavy atom. The zero-order chi connectivity index (χ0) is 14.5. The first-order valence-corrected chi connectivity index (χ1v) is 6.07. The van der Waals surface area contributed by atoms with Crippen molar-refractivity contribution in [2.45, 2.75) is 6.92 Å². The van der Waals surface area contributed by atoms with E-state index >= 15 is 0 Å². The van der Waals surface area contributed by atoms with E-state index in [9.17, 15) is 9.59 Å². The number of rotatable bonds is 4. The molecule has 1 aromatic carbocycles. The molecule has 1 N–H and O–H groups in total. The van der Waals surface area contributed by atoms with Crippen molar-refractivity contribution in [3.05, 3.63) is 46.4 Å². The summed E-state index contributed by atoms with van der Waals surface area (Å²) in [5.74, 6) is 0.235. The molecule has 0 unspecified atom stereocenters. The molecular formula is C14H14N2O4. The summed E-state index contributed by atoms with van der Waals surface area (Å²) in [4.78, 5) is 29.8. The number of carbonyl (C=O) groups excluding carboxylic acids is 1. The van der Waals surface area contributed by atoms with E-state index in [1.165, 1.54) is 13.3 Å². The predicted octanol–water partition coefficient (Wildman–Crippen LogP) is 1.62. The quantitative estimate of drug-likeness (QED) is 0.857. The lowest BCUT2D eigenvalue weighted by molar-refractivity contribution is 0.0598. The number of methoxy groups -OCH3 is 1. The highest BCUT2D eigenvalue weighted by Crippen LogP contribution is 2.26. The van der Waals surface area contributed by atoms with Crippen molar-refractivity contribution in [3.8, 4) is 17.1 Å². The van der Waals surface area contributed by atoms with Gasteiger partial charge in [-0.1, -0.05) is 12.1 Å². The zero-order valence-electron chi connectivity index (χ0n) is 11.2. The highest BCUT2D eigenvalue weighted by molar-refractivity contribution is 5.88. The molecule has 0 spiro atoms. The van der Waals surface area contributed by atoms with Crippen molar-refractivity contribution in [2.24, 2.45) is 0 Å². The minimum atomic E-state index is -0.719. The number of H-pyrrole nitrogens is 1. The highest BCUT2D eigenvalue weighted by Gasteiger charge is 2.14. The number of nitrogens with zero attached hydrogens (tertiary/aromatic N) is 1. The fraction of sp³-hybridized carbons (Fsp3) is 0.214. The number of carbonyl (C=O) groups is 1. The summed E-state index contributed by atoms with van der Waals surface area (Å²) >= 11 is 0. The lowest BCUT2D eigenvalue weighted by Crippen LogP contribution is -2.20. The fourth-order valence-corrected chi connectivity index (χ4v) is 1.73. The molecule has 0 saturated heterocycles. The van der Waals surface area contributed by atoms with E-state index in [4.69, 9.17) is 4.74 Å². The first kappa shape index (κ1) is 13.8. The normalized spacial score (nSPS) is 10.1. The lowest BCUT2D eigenvalue weighted by atomic mass is 10.2. The standard InChI is InChI=1S/C14H14N2O4/c1-3-20-11-7-5-4-6-9(11)12-15-8-10(13(17)16-12)14(18)19-2/h4-8H,3H2,1-2H3,(H,15,16,17). The van der Waals surface area contributed by atoms with Gasteiger partial charge in [-0.05, 0) is 19.1 Å². The maximum atomic E-state index is 11.8. The molecule has 1 aromatic heterocycles. The van der Waals surface area contributed by atoms with Crippen molar-refractivity contribution < 1.29 is 14.3 Å². The van der Waals surface area contributed by atoms with Crippen LogP contribution in [0.4, 0.5) is 0 Å². The average molecular weight is 274 g/mol. The molecule has 0 bridgehead atoms. The van der Waals surface area contributed by atoms with E-state index in [0.29, 0.717) is 23.7 Å². The smallest absolute Gasteiger partial charge is 0.345 e. The summed E-state index contributed by atoms with van der Waals surface area (Å²) in [7, 11) is 1.21. The first-order valence-electron chi connectivity index (χ1n) is 6.07. The summed E-state index contributed by atoms with van der Waals surface area (Å²) in [5.41, 5.74) is -0.0267. The number of aromatic amines is 1. The molecule has 2 rings (SSSR count). The molecule has 20 heavy (non-hydrogen) atoms. The van der Waals surface area contributed by atoms with Crippen LogP contribution in [-0.2, 0) is 4.74 Å². The van der Waals surface area contributed by atoms with Gasteiger partial charge in [0.2, 0.25) is 0 Å². The number of aromatic nitrogens is 2. The Morgan fingerprint density at radius 3 is 2.75 bits per heavy atom. The Kier molecular flexibility index (Phi) is 4.14. The lowest BCUT2D eigenvalue weighted by Gasteiger charge is -2.09. The van der Waals surface area contributed by atoms with Crippen LogP contribution in [0.3, 0.4) is 0 Å². The number of hydrogen-bond donors (Lipinski definition) is 1. The molecule has 0 atom stereocenters. The molecule has 0 aliphatic carbocycles. The van der Waals surface area contributed by atoms with Gasteiger partial charge in [0.15, 0.2) is 0 Å². The Labute approximate surface area is 115 Å². The van der Waals surface area contributed by atoms with Gasteiger partial charge < -0.3 is 14.5 Å². The third-order valence-electron chi connectivity index (χ3n) is 2.65. The molecular weight excluding hydrogens is 260 g/mol. The zero-order valence-corrected chi connectivity index (χ0v) is 11.2. The van der Waals surface area contributed by atoms with Crippen molar-refractivity contribution >= 4 is 5.97 Å². The van der Waals surface area contributed by atoms with Crippen LogP contribution in [0.1, 0.15) is 17.3 Å². The summed E-state index contributed by atoms with van der Waals surface area (Å²) in [6, 6.07) is 7.20. The largest absolute Gasteiger partial charge is 0.493 e. The minimum absolute atomic E-state index is 0.134. The molecule has 0 amide bonds. The monoisotopic (exact) mass is 274 g/mol. The van der Waals surface area contributed by atoms with Gasteiger partial charge in [-0.15, -0.1) is 0 Å². The van der Waals surface area contributed by atoms with Crippen molar-refractivity contribution in [3.63, 3.8) is 0 Å². The van der Waals surface area contributed by atoms with Crippen LogP contribution in [0.2, 0.25) is 0 Å². The van der Waals surface area contributed by atoms with Crippen LogP contribution < -0.4 is 10.3 Å². The number of nitrogens with one attached hydrogen (secondary N) is 1. The summed E-state index contributed by atoms with van der Waals surface area (Å²) in [6.07, 6.45) is 1.20. The second-order valence-corrected chi connectivity index (χ2v) is 3.90. The molecule has 2 aromatic rings.